The number of piperazine rings is 1. The van der Waals surface area contributed by atoms with Crippen molar-refractivity contribution >= 4 is 22.6 Å². The molecule has 0 aliphatic carbocycles. The summed E-state index contributed by atoms with van der Waals surface area (Å²) in [7, 11) is 0. The van der Waals surface area contributed by atoms with E-state index in [1.54, 1.807) is 17.1 Å². The van der Waals surface area contributed by atoms with E-state index in [2.05, 4.69) is 37.7 Å². The van der Waals surface area contributed by atoms with Crippen molar-refractivity contribution < 1.29 is 4.79 Å². The number of carbonyl (C=O) groups is 1. The van der Waals surface area contributed by atoms with Crippen molar-refractivity contribution in [2.75, 3.05) is 31.1 Å². The number of carbonyl (C=O) groups excluding carboxylic acids is 1. The molecule has 140 valence electrons. The average molecular weight is 364 g/mol. The topological polar surface area (TPSA) is 75.1 Å². The molecule has 0 bridgehead atoms. The van der Waals surface area contributed by atoms with Crippen molar-refractivity contribution in [1.29, 1.82) is 0 Å². The number of pyridine rings is 1. The second-order valence-electron chi connectivity index (χ2n) is 6.87. The van der Waals surface area contributed by atoms with Crippen LogP contribution in [0.4, 0.5) is 5.69 Å². The molecular formula is C20H24N6O. The molecule has 7 heteroatoms. The van der Waals surface area contributed by atoms with E-state index in [0.717, 1.165) is 48.3 Å². The summed E-state index contributed by atoms with van der Waals surface area (Å²) in [5.74, 6) is -0.0718. The van der Waals surface area contributed by atoms with Gasteiger partial charge in [0.2, 0.25) is 5.91 Å². The van der Waals surface area contributed by atoms with Crippen molar-refractivity contribution in [2.24, 2.45) is 0 Å². The van der Waals surface area contributed by atoms with E-state index in [-0.39, 0.29) is 12.5 Å². The van der Waals surface area contributed by atoms with Gasteiger partial charge in [-0.15, -0.1) is 0 Å². The minimum absolute atomic E-state index is 0.0718. The monoisotopic (exact) mass is 364 g/mol. The number of fused-ring (bicyclic) bond motifs is 1. The lowest BCUT2D eigenvalue weighted by Crippen LogP contribution is -2.44. The molecule has 7 nitrogen and oxygen atoms in total. The first kappa shape index (κ1) is 17.5. The molecule has 1 amide bonds. The molecule has 0 spiro atoms. The van der Waals surface area contributed by atoms with E-state index in [1.165, 1.54) is 5.69 Å². The molecule has 3 heterocycles. The van der Waals surface area contributed by atoms with Gasteiger partial charge in [0.1, 0.15) is 6.54 Å². The van der Waals surface area contributed by atoms with Crippen LogP contribution in [0.5, 0.6) is 0 Å². The number of amides is 1. The van der Waals surface area contributed by atoms with Crippen LogP contribution in [0.25, 0.3) is 11.0 Å². The summed E-state index contributed by atoms with van der Waals surface area (Å²) in [5.41, 5.74) is 4.14. The first-order valence-electron chi connectivity index (χ1n) is 9.29. The van der Waals surface area contributed by atoms with Crippen LogP contribution in [0.15, 0.2) is 42.7 Å². The van der Waals surface area contributed by atoms with Gasteiger partial charge in [0.05, 0.1) is 6.20 Å². The molecule has 1 aliphatic rings. The molecule has 3 aromatic rings. The number of benzene rings is 1. The van der Waals surface area contributed by atoms with Gasteiger partial charge < -0.3 is 15.5 Å². The summed E-state index contributed by atoms with van der Waals surface area (Å²) < 4.78 is 1.65. The summed E-state index contributed by atoms with van der Waals surface area (Å²) in [5, 5.41) is 11.6. The van der Waals surface area contributed by atoms with Crippen LogP contribution in [0.3, 0.4) is 0 Å². The van der Waals surface area contributed by atoms with E-state index in [1.807, 2.05) is 25.1 Å². The first-order valence-corrected chi connectivity index (χ1v) is 9.29. The lowest BCUT2D eigenvalue weighted by molar-refractivity contribution is -0.121. The summed E-state index contributed by atoms with van der Waals surface area (Å²) in [6, 6.07) is 10.3. The number of para-hydroxylation sites is 1. The third-order valence-corrected chi connectivity index (χ3v) is 4.83. The fourth-order valence-corrected chi connectivity index (χ4v) is 3.46. The van der Waals surface area contributed by atoms with Gasteiger partial charge >= 0.3 is 0 Å². The first-order chi connectivity index (χ1) is 13.2. The van der Waals surface area contributed by atoms with Crippen molar-refractivity contribution in [3.63, 3.8) is 0 Å². The smallest absolute Gasteiger partial charge is 0.242 e. The van der Waals surface area contributed by atoms with Crippen molar-refractivity contribution in [1.82, 2.24) is 25.4 Å². The lowest BCUT2D eigenvalue weighted by atomic mass is 10.1. The average Bonchev–Trinajstić information content (AvgIpc) is 3.09. The van der Waals surface area contributed by atoms with Crippen molar-refractivity contribution in [2.45, 2.75) is 20.0 Å². The van der Waals surface area contributed by atoms with Crippen LogP contribution in [0.1, 0.15) is 11.1 Å². The Balaban J connectivity index is 1.42. The maximum absolute atomic E-state index is 12.5. The van der Waals surface area contributed by atoms with Crippen LogP contribution in [-0.4, -0.2) is 46.9 Å². The molecule has 2 aromatic heterocycles. The Bertz CT molecular complexity index is 945. The zero-order valence-corrected chi connectivity index (χ0v) is 15.5. The lowest BCUT2D eigenvalue weighted by Gasteiger charge is -2.31. The van der Waals surface area contributed by atoms with Crippen LogP contribution < -0.4 is 15.5 Å². The number of hydrogen-bond acceptors (Lipinski definition) is 5. The maximum atomic E-state index is 12.5. The minimum Gasteiger partial charge on any atom is -0.369 e. The summed E-state index contributed by atoms with van der Waals surface area (Å²) in [6.45, 7) is 6.59. The maximum Gasteiger partial charge on any atom is 0.242 e. The van der Waals surface area contributed by atoms with Gasteiger partial charge in [-0.25, -0.2) is 9.67 Å². The van der Waals surface area contributed by atoms with E-state index >= 15 is 0 Å². The Labute approximate surface area is 158 Å². The number of hydrogen-bond donors (Lipinski definition) is 2. The number of aryl methyl sites for hydroxylation is 1. The van der Waals surface area contributed by atoms with Gasteiger partial charge in [-0.05, 0) is 30.2 Å². The van der Waals surface area contributed by atoms with Crippen LogP contribution in [0, 0.1) is 6.92 Å². The Kier molecular flexibility index (Phi) is 5.02. The van der Waals surface area contributed by atoms with Gasteiger partial charge in [0.25, 0.3) is 0 Å². The normalized spacial score (nSPS) is 14.5. The molecule has 4 rings (SSSR count). The second kappa shape index (κ2) is 7.75. The van der Waals surface area contributed by atoms with Crippen LogP contribution in [-0.2, 0) is 17.9 Å². The van der Waals surface area contributed by atoms with Crippen molar-refractivity contribution in [3.05, 3.63) is 53.9 Å². The van der Waals surface area contributed by atoms with E-state index in [0.29, 0.717) is 6.54 Å². The molecule has 1 aliphatic heterocycles. The Morgan fingerprint density at radius 2 is 2.04 bits per heavy atom. The van der Waals surface area contributed by atoms with E-state index < -0.39 is 0 Å². The standard InChI is InChI=1S/C20H24N6O/c1-15-10-17-13-24-26(20(17)23-11-15)14-19(27)22-12-16-4-2-3-5-18(16)25-8-6-21-7-9-25/h2-5,10-11,13,21H,6-9,12,14H2,1H3,(H,22,27). The Morgan fingerprint density at radius 1 is 1.22 bits per heavy atom. The number of nitrogens with zero attached hydrogens (tertiary/aromatic N) is 4. The summed E-state index contributed by atoms with van der Waals surface area (Å²) in [6.07, 6.45) is 3.55. The number of aromatic nitrogens is 3. The van der Waals surface area contributed by atoms with Crippen LogP contribution in [0.2, 0.25) is 0 Å². The highest BCUT2D eigenvalue weighted by atomic mass is 16.2. The molecule has 2 N–H and O–H groups in total. The third-order valence-electron chi connectivity index (χ3n) is 4.83. The summed E-state index contributed by atoms with van der Waals surface area (Å²) in [4.78, 5) is 19.2. The molecule has 0 atom stereocenters. The van der Waals surface area contributed by atoms with E-state index in [4.69, 9.17) is 0 Å². The minimum atomic E-state index is -0.0718. The SMILES string of the molecule is Cc1cnc2c(cnn2CC(=O)NCc2ccccc2N2CCNCC2)c1. The predicted octanol–water partition coefficient (Wildman–Crippen LogP) is 1.47. The highest BCUT2D eigenvalue weighted by Gasteiger charge is 2.14. The van der Waals surface area contributed by atoms with Gasteiger partial charge in [-0.2, -0.15) is 5.10 Å². The van der Waals surface area contributed by atoms with Gasteiger partial charge in [0.15, 0.2) is 5.65 Å². The number of rotatable bonds is 5. The third kappa shape index (κ3) is 3.93. The molecule has 0 saturated carbocycles. The Hall–Kier alpha value is -2.93. The zero-order valence-electron chi connectivity index (χ0n) is 15.5. The molecule has 0 unspecified atom stereocenters. The molecule has 1 aromatic carbocycles. The highest BCUT2D eigenvalue weighted by Crippen LogP contribution is 2.20. The molecule has 1 saturated heterocycles. The number of anilines is 1. The predicted molar refractivity (Wildman–Crippen MR) is 106 cm³/mol. The van der Waals surface area contributed by atoms with Gasteiger partial charge in [-0.1, -0.05) is 18.2 Å². The quantitative estimate of drug-likeness (QED) is 0.717. The van der Waals surface area contributed by atoms with Crippen LogP contribution >= 0.6 is 0 Å². The number of nitrogens with one attached hydrogen (secondary N) is 2. The molecule has 1 fully saturated rings. The van der Waals surface area contributed by atoms with Crippen molar-refractivity contribution in [3.8, 4) is 0 Å². The van der Waals surface area contributed by atoms with E-state index in [9.17, 15) is 4.79 Å². The van der Waals surface area contributed by atoms with Gasteiger partial charge in [0, 0.05) is 50.0 Å². The molecule has 0 radical (unpaired) electrons. The zero-order chi connectivity index (χ0) is 18.6. The molecular weight excluding hydrogens is 340 g/mol. The second-order valence-corrected chi connectivity index (χ2v) is 6.87. The summed E-state index contributed by atoms with van der Waals surface area (Å²) >= 11 is 0. The Morgan fingerprint density at radius 3 is 2.89 bits per heavy atom. The fourth-order valence-electron chi connectivity index (χ4n) is 3.46. The highest BCUT2D eigenvalue weighted by molar-refractivity contribution is 5.80. The molecule has 27 heavy (non-hydrogen) atoms. The van der Waals surface area contributed by atoms with Gasteiger partial charge in [-0.3, -0.25) is 4.79 Å². The fraction of sp³-hybridized carbons (Fsp3) is 0.350. The largest absolute Gasteiger partial charge is 0.369 e.